The minimum Gasteiger partial charge on any atom is -0.339 e. The lowest BCUT2D eigenvalue weighted by molar-refractivity contribution is -0.121. The molecule has 1 unspecified atom stereocenters. The summed E-state index contributed by atoms with van der Waals surface area (Å²) in [6, 6.07) is 23.3. The van der Waals surface area contributed by atoms with E-state index in [1.807, 2.05) is 76.3 Å². The summed E-state index contributed by atoms with van der Waals surface area (Å²) in [6.07, 6.45) is 3.56. The Labute approximate surface area is 171 Å². The molecule has 5 nitrogen and oxygen atoms in total. The number of carbonyl (C=O) groups is 2. The molecule has 1 aliphatic rings. The second kappa shape index (κ2) is 8.78. The van der Waals surface area contributed by atoms with Crippen molar-refractivity contribution in [3.63, 3.8) is 0 Å². The van der Waals surface area contributed by atoms with Crippen LogP contribution in [-0.2, 0) is 11.3 Å². The lowest BCUT2D eigenvalue weighted by Crippen LogP contribution is -2.44. The highest BCUT2D eigenvalue weighted by molar-refractivity contribution is 5.95. The van der Waals surface area contributed by atoms with Gasteiger partial charge in [0.2, 0.25) is 5.91 Å². The number of anilines is 1. The molecular weight excluding hydrogens is 362 g/mol. The Morgan fingerprint density at radius 3 is 2.41 bits per heavy atom. The summed E-state index contributed by atoms with van der Waals surface area (Å²) in [4.78, 5) is 27.7. The second-order valence-corrected chi connectivity index (χ2v) is 7.45. The number of nitrogens with one attached hydrogen (secondary N) is 1. The molecule has 2 aromatic carbocycles. The van der Waals surface area contributed by atoms with E-state index in [1.54, 1.807) is 0 Å². The van der Waals surface area contributed by atoms with Crippen LogP contribution in [0.1, 0.15) is 28.9 Å². The van der Waals surface area contributed by atoms with Crippen molar-refractivity contribution in [2.75, 3.05) is 18.4 Å². The van der Waals surface area contributed by atoms with Crippen molar-refractivity contribution in [2.24, 2.45) is 5.92 Å². The van der Waals surface area contributed by atoms with Crippen LogP contribution in [0.25, 0.3) is 0 Å². The Balaban J connectivity index is 1.43. The van der Waals surface area contributed by atoms with Gasteiger partial charge < -0.3 is 14.8 Å². The zero-order chi connectivity index (χ0) is 20.1. The normalized spacial score (nSPS) is 16.4. The highest BCUT2D eigenvalue weighted by atomic mass is 16.2. The Morgan fingerprint density at radius 2 is 1.66 bits per heavy atom. The molecule has 4 rings (SSSR count). The van der Waals surface area contributed by atoms with Crippen LogP contribution in [0, 0.1) is 5.92 Å². The van der Waals surface area contributed by atoms with Gasteiger partial charge in [0.1, 0.15) is 5.69 Å². The number of piperidine rings is 1. The smallest absolute Gasteiger partial charge is 0.270 e. The lowest BCUT2D eigenvalue weighted by atomic mass is 9.96. The monoisotopic (exact) mass is 387 g/mol. The second-order valence-electron chi connectivity index (χ2n) is 7.45. The van der Waals surface area contributed by atoms with Crippen LogP contribution < -0.4 is 5.32 Å². The van der Waals surface area contributed by atoms with Gasteiger partial charge in [0, 0.05) is 31.5 Å². The maximum Gasteiger partial charge on any atom is 0.270 e. The number of rotatable bonds is 5. The third kappa shape index (κ3) is 4.57. The number of hydrogen-bond donors (Lipinski definition) is 1. The maximum atomic E-state index is 13.2. The van der Waals surface area contributed by atoms with Crippen LogP contribution in [0.15, 0.2) is 79.0 Å². The molecule has 29 heavy (non-hydrogen) atoms. The molecule has 1 aromatic heterocycles. The largest absolute Gasteiger partial charge is 0.339 e. The Bertz CT molecular complexity index is 966. The van der Waals surface area contributed by atoms with Crippen molar-refractivity contribution in [3.8, 4) is 0 Å². The molecule has 1 saturated heterocycles. The number of benzene rings is 2. The molecule has 0 spiro atoms. The SMILES string of the molecule is O=C(Nc1ccccc1)C1CCCN(C(=O)c2cccn2Cc2ccccc2)C1. The van der Waals surface area contributed by atoms with E-state index < -0.39 is 0 Å². The van der Waals surface area contributed by atoms with E-state index in [1.165, 1.54) is 0 Å². The fourth-order valence-electron chi connectivity index (χ4n) is 3.83. The summed E-state index contributed by atoms with van der Waals surface area (Å²) >= 11 is 0. The average molecular weight is 387 g/mol. The van der Waals surface area contributed by atoms with Crippen molar-refractivity contribution >= 4 is 17.5 Å². The number of aromatic nitrogens is 1. The molecule has 0 radical (unpaired) electrons. The number of carbonyl (C=O) groups excluding carboxylic acids is 2. The van der Waals surface area contributed by atoms with Gasteiger partial charge in [-0.05, 0) is 42.7 Å². The summed E-state index contributed by atoms with van der Waals surface area (Å²) in [5, 5.41) is 2.97. The standard InChI is InChI=1S/C24H25N3O2/c28-23(25-21-12-5-2-6-13-21)20-11-7-16-27(18-20)24(29)22-14-8-15-26(22)17-19-9-3-1-4-10-19/h1-6,8-10,12-15,20H,7,11,16-18H2,(H,25,28). The molecule has 1 aliphatic heterocycles. The molecule has 0 saturated carbocycles. The van der Waals surface area contributed by atoms with Crippen LogP contribution in [-0.4, -0.2) is 34.4 Å². The van der Waals surface area contributed by atoms with E-state index >= 15 is 0 Å². The van der Waals surface area contributed by atoms with E-state index in [4.69, 9.17) is 0 Å². The molecule has 3 aromatic rings. The van der Waals surface area contributed by atoms with Gasteiger partial charge in [0.05, 0.1) is 5.92 Å². The first-order valence-corrected chi connectivity index (χ1v) is 10.0. The molecule has 0 bridgehead atoms. The number of likely N-dealkylation sites (tertiary alicyclic amines) is 1. The van der Waals surface area contributed by atoms with E-state index in [-0.39, 0.29) is 17.7 Å². The van der Waals surface area contributed by atoms with Gasteiger partial charge in [-0.1, -0.05) is 48.5 Å². The van der Waals surface area contributed by atoms with Gasteiger partial charge in [-0.15, -0.1) is 0 Å². The molecule has 1 fully saturated rings. The van der Waals surface area contributed by atoms with Gasteiger partial charge in [0.25, 0.3) is 5.91 Å². The molecule has 0 aliphatic carbocycles. The number of nitrogens with zero attached hydrogens (tertiary/aromatic N) is 2. The molecule has 5 heteroatoms. The van der Waals surface area contributed by atoms with E-state index in [0.717, 1.165) is 24.1 Å². The average Bonchev–Trinajstić information content (AvgIpc) is 3.23. The molecule has 2 amide bonds. The highest BCUT2D eigenvalue weighted by Crippen LogP contribution is 2.21. The number of para-hydroxylation sites is 1. The summed E-state index contributed by atoms with van der Waals surface area (Å²) in [6.45, 7) is 1.79. The fraction of sp³-hybridized carbons (Fsp3) is 0.250. The third-order valence-electron chi connectivity index (χ3n) is 5.37. The van der Waals surface area contributed by atoms with Crippen LogP contribution in [0.2, 0.25) is 0 Å². The first-order chi connectivity index (χ1) is 14.2. The molecule has 1 atom stereocenters. The zero-order valence-corrected chi connectivity index (χ0v) is 16.3. The summed E-state index contributed by atoms with van der Waals surface area (Å²) < 4.78 is 1.98. The van der Waals surface area contributed by atoms with Gasteiger partial charge >= 0.3 is 0 Å². The number of amides is 2. The maximum absolute atomic E-state index is 13.2. The number of hydrogen-bond acceptors (Lipinski definition) is 2. The van der Waals surface area contributed by atoms with Crippen molar-refractivity contribution in [2.45, 2.75) is 19.4 Å². The zero-order valence-electron chi connectivity index (χ0n) is 16.3. The predicted octanol–water partition coefficient (Wildman–Crippen LogP) is 4.03. The minimum atomic E-state index is -0.189. The van der Waals surface area contributed by atoms with Crippen LogP contribution in [0.5, 0.6) is 0 Å². The van der Waals surface area contributed by atoms with Gasteiger partial charge in [-0.25, -0.2) is 0 Å². The van der Waals surface area contributed by atoms with E-state index in [2.05, 4.69) is 17.4 Å². The predicted molar refractivity (Wildman–Crippen MR) is 114 cm³/mol. The van der Waals surface area contributed by atoms with Crippen molar-refractivity contribution < 1.29 is 9.59 Å². The fourth-order valence-corrected chi connectivity index (χ4v) is 3.83. The van der Waals surface area contributed by atoms with E-state index in [0.29, 0.717) is 25.3 Å². The van der Waals surface area contributed by atoms with Gasteiger partial charge in [-0.2, -0.15) is 0 Å². The van der Waals surface area contributed by atoms with Crippen molar-refractivity contribution in [1.29, 1.82) is 0 Å². The molecule has 1 N–H and O–H groups in total. The van der Waals surface area contributed by atoms with E-state index in [9.17, 15) is 9.59 Å². The third-order valence-corrected chi connectivity index (χ3v) is 5.37. The molecule has 2 heterocycles. The van der Waals surface area contributed by atoms with Gasteiger partial charge in [0.15, 0.2) is 0 Å². The lowest BCUT2D eigenvalue weighted by Gasteiger charge is -2.32. The van der Waals surface area contributed by atoms with Crippen molar-refractivity contribution in [1.82, 2.24) is 9.47 Å². The van der Waals surface area contributed by atoms with Gasteiger partial charge in [-0.3, -0.25) is 9.59 Å². The molecular formula is C24H25N3O2. The first kappa shape index (κ1) is 19.0. The van der Waals surface area contributed by atoms with Crippen LogP contribution >= 0.6 is 0 Å². The molecule has 148 valence electrons. The summed E-state index contributed by atoms with van der Waals surface area (Å²) in [7, 11) is 0. The summed E-state index contributed by atoms with van der Waals surface area (Å²) in [5.74, 6) is -0.220. The summed E-state index contributed by atoms with van der Waals surface area (Å²) in [5.41, 5.74) is 2.60. The topological polar surface area (TPSA) is 54.3 Å². The Morgan fingerprint density at radius 1 is 0.931 bits per heavy atom. The quantitative estimate of drug-likeness (QED) is 0.719. The minimum absolute atomic E-state index is 0.0110. The van der Waals surface area contributed by atoms with Crippen LogP contribution in [0.4, 0.5) is 5.69 Å². The van der Waals surface area contributed by atoms with Crippen LogP contribution in [0.3, 0.4) is 0 Å². The van der Waals surface area contributed by atoms with Crippen molar-refractivity contribution in [3.05, 3.63) is 90.3 Å². The first-order valence-electron chi connectivity index (χ1n) is 10.0. The highest BCUT2D eigenvalue weighted by Gasteiger charge is 2.30. The Kier molecular flexibility index (Phi) is 5.75. The Hall–Kier alpha value is -3.34.